The fourth-order valence-corrected chi connectivity index (χ4v) is 8.22. The van der Waals surface area contributed by atoms with Crippen LogP contribution in [-0.2, 0) is 13.1 Å². The predicted octanol–water partition coefficient (Wildman–Crippen LogP) is 4.25. The summed E-state index contributed by atoms with van der Waals surface area (Å²) in [6, 6.07) is 11.7. The average Bonchev–Trinajstić information content (AvgIpc) is 3.43. The number of aromatic nitrogens is 6. The average molecular weight is 666 g/mol. The Morgan fingerprint density at radius 1 is 0.938 bits per heavy atom. The van der Waals surface area contributed by atoms with Gasteiger partial charge in [-0.05, 0) is 85.5 Å². The fraction of sp³-hybridized carbons (Fsp3) is 0.429. The molecule has 5 aromatic rings. The summed E-state index contributed by atoms with van der Waals surface area (Å²) >= 11 is 5.95. The molecular weight excluding hydrogens is 630 g/mol. The number of carbonyl (C=O) groups is 2. The van der Waals surface area contributed by atoms with Gasteiger partial charge in [-0.2, -0.15) is 0 Å². The van der Waals surface area contributed by atoms with Crippen LogP contribution in [0.2, 0.25) is 5.28 Å². The Morgan fingerprint density at radius 2 is 1.77 bits per heavy atom. The molecule has 9 rings (SSSR count). The van der Waals surface area contributed by atoms with Gasteiger partial charge in [0.1, 0.15) is 22.6 Å². The molecule has 6 heterocycles. The van der Waals surface area contributed by atoms with Crippen LogP contribution in [0.4, 0.5) is 0 Å². The van der Waals surface area contributed by atoms with Crippen LogP contribution in [0.25, 0.3) is 33.6 Å². The first kappa shape index (κ1) is 29.6. The van der Waals surface area contributed by atoms with Crippen molar-refractivity contribution in [2.45, 2.75) is 50.9 Å². The predicted molar refractivity (Wildman–Crippen MR) is 180 cm³/mol. The molecule has 2 saturated heterocycles. The molecule has 2 aliphatic carbocycles. The minimum atomic E-state index is -0.169. The number of piperidine rings is 1. The molecular formula is C35H36ClN9O3. The standard InChI is InChI=1S/C35H36ClN9O3/c1-48-28-13-23(33(46)44-18-22-6-7-26(44)29(22)37)11-25-30(28)45(17-20-14-42(15-20)34(47)24-8-10-39-35(36)41-24)32(40-25)27-12-21-3-2-9-38-31(21)43(27)16-19-4-5-19/h2-3,8-13,19-20,22,26,29H,4-7,14-18,37H2,1H3/t22?,26?,29-/m1/s1. The number of pyridine rings is 1. The highest BCUT2D eigenvalue weighted by Gasteiger charge is 2.47. The molecule has 3 atom stereocenters. The van der Waals surface area contributed by atoms with E-state index in [0.29, 0.717) is 54.8 Å². The summed E-state index contributed by atoms with van der Waals surface area (Å²) in [6.45, 7) is 3.28. The van der Waals surface area contributed by atoms with Crippen molar-refractivity contribution in [2.75, 3.05) is 26.7 Å². The molecule has 2 N–H and O–H groups in total. The number of imidazole rings is 1. The maximum absolute atomic E-state index is 13.9. The zero-order valence-electron chi connectivity index (χ0n) is 26.6. The molecule has 2 aliphatic heterocycles. The number of amides is 2. The number of hydrogen-bond acceptors (Lipinski definition) is 8. The summed E-state index contributed by atoms with van der Waals surface area (Å²) < 4.78 is 10.5. The second-order valence-corrected chi connectivity index (χ2v) is 14.2. The summed E-state index contributed by atoms with van der Waals surface area (Å²) in [5.41, 5.74) is 10.7. The van der Waals surface area contributed by atoms with E-state index in [1.807, 2.05) is 29.3 Å². The summed E-state index contributed by atoms with van der Waals surface area (Å²) in [6.07, 6.45) is 7.75. The van der Waals surface area contributed by atoms with Crippen molar-refractivity contribution >= 4 is 45.5 Å². The minimum Gasteiger partial charge on any atom is -0.494 e. The van der Waals surface area contributed by atoms with Crippen molar-refractivity contribution in [3.63, 3.8) is 0 Å². The first-order valence-corrected chi connectivity index (χ1v) is 17.1. The summed E-state index contributed by atoms with van der Waals surface area (Å²) in [5, 5.41) is 1.10. The van der Waals surface area contributed by atoms with Crippen LogP contribution in [0.1, 0.15) is 46.5 Å². The largest absolute Gasteiger partial charge is 0.494 e. The number of benzene rings is 1. The highest BCUT2D eigenvalue weighted by molar-refractivity contribution is 6.28. The quantitative estimate of drug-likeness (QED) is 0.243. The Kier molecular flexibility index (Phi) is 6.94. The molecule has 246 valence electrons. The normalized spacial score (nSPS) is 22.2. The second kappa shape index (κ2) is 11.3. The highest BCUT2D eigenvalue weighted by Crippen LogP contribution is 2.41. The van der Waals surface area contributed by atoms with Gasteiger partial charge in [0, 0.05) is 74.1 Å². The molecule has 0 radical (unpaired) electrons. The molecule has 2 amide bonds. The highest BCUT2D eigenvalue weighted by atomic mass is 35.5. The third-order valence-corrected chi connectivity index (χ3v) is 10.9. The lowest BCUT2D eigenvalue weighted by atomic mass is 9.99. The third-order valence-electron chi connectivity index (χ3n) is 10.7. The van der Waals surface area contributed by atoms with E-state index in [1.54, 1.807) is 18.1 Å². The molecule has 4 aliphatic rings. The molecule has 4 aromatic heterocycles. The molecule has 48 heavy (non-hydrogen) atoms. The van der Waals surface area contributed by atoms with Gasteiger partial charge in [0.25, 0.3) is 11.8 Å². The molecule has 2 saturated carbocycles. The molecule has 4 fully saturated rings. The lowest BCUT2D eigenvalue weighted by Crippen LogP contribution is -2.51. The van der Waals surface area contributed by atoms with E-state index in [0.717, 1.165) is 47.5 Å². The lowest BCUT2D eigenvalue weighted by molar-refractivity contribution is 0.0465. The van der Waals surface area contributed by atoms with Gasteiger partial charge < -0.3 is 29.4 Å². The number of ether oxygens (including phenoxy) is 1. The maximum Gasteiger partial charge on any atom is 0.272 e. The van der Waals surface area contributed by atoms with Gasteiger partial charge in [-0.1, -0.05) is 0 Å². The van der Waals surface area contributed by atoms with Crippen molar-refractivity contribution in [1.29, 1.82) is 0 Å². The van der Waals surface area contributed by atoms with E-state index in [2.05, 4.69) is 31.2 Å². The fourth-order valence-electron chi connectivity index (χ4n) is 8.07. The Bertz CT molecular complexity index is 2100. The number of nitrogens with zero attached hydrogens (tertiary/aromatic N) is 8. The number of fused-ring (bicyclic) bond motifs is 4. The van der Waals surface area contributed by atoms with Gasteiger partial charge in [0.05, 0.1) is 18.3 Å². The number of hydrogen-bond donors (Lipinski definition) is 1. The van der Waals surface area contributed by atoms with Gasteiger partial charge >= 0.3 is 0 Å². The van der Waals surface area contributed by atoms with Crippen molar-refractivity contribution < 1.29 is 14.3 Å². The zero-order valence-corrected chi connectivity index (χ0v) is 27.4. The number of likely N-dealkylation sites (tertiary alicyclic amines) is 2. The van der Waals surface area contributed by atoms with E-state index in [9.17, 15) is 9.59 Å². The number of rotatable bonds is 8. The Balaban J connectivity index is 1.12. The van der Waals surface area contributed by atoms with Gasteiger partial charge in [-0.15, -0.1) is 0 Å². The zero-order chi connectivity index (χ0) is 32.7. The van der Waals surface area contributed by atoms with Crippen molar-refractivity contribution in [3.05, 3.63) is 65.3 Å². The molecule has 0 spiro atoms. The van der Waals surface area contributed by atoms with Gasteiger partial charge in [-0.25, -0.2) is 19.9 Å². The minimum absolute atomic E-state index is 0.0287. The topological polar surface area (TPSA) is 137 Å². The van der Waals surface area contributed by atoms with Crippen LogP contribution in [0.15, 0.2) is 48.8 Å². The molecule has 2 bridgehead atoms. The van der Waals surface area contributed by atoms with E-state index in [-0.39, 0.29) is 40.8 Å². The summed E-state index contributed by atoms with van der Waals surface area (Å²) in [5.74, 6) is 2.32. The Hall–Kier alpha value is -4.55. The lowest BCUT2D eigenvalue weighted by Gasteiger charge is -2.39. The van der Waals surface area contributed by atoms with Gasteiger partial charge in [-0.3, -0.25) is 9.59 Å². The maximum atomic E-state index is 13.9. The SMILES string of the molecule is COc1cc(C(=O)N2CC3CCC2[C@@H]3N)cc2nc(-c3cc4cccnc4n3CC3CC3)n(CC3CN(C(=O)c4ccnc(Cl)n4)C3)c12. The Morgan fingerprint density at radius 3 is 2.50 bits per heavy atom. The Labute approximate surface area is 281 Å². The number of nitrogens with two attached hydrogens (primary N) is 1. The van der Waals surface area contributed by atoms with E-state index in [4.69, 9.17) is 32.0 Å². The third kappa shape index (κ3) is 4.83. The molecule has 12 nitrogen and oxygen atoms in total. The number of methoxy groups -OCH3 is 1. The summed E-state index contributed by atoms with van der Waals surface area (Å²) in [4.78, 5) is 48.8. The molecule has 13 heteroatoms. The number of carbonyl (C=O) groups excluding carboxylic acids is 2. The van der Waals surface area contributed by atoms with Crippen LogP contribution >= 0.6 is 11.6 Å². The molecule has 1 aromatic carbocycles. The molecule has 2 unspecified atom stereocenters. The first-order valence-electron chi connectivity index (χ1n) is 16.7. The van der Waals surface area contributed by atoms with Crippen molar-refractivity contribution in [3.8, 4) is 17.3 Å². The van der Waals surface area contributed by atoms with Crippen LogP contribution in [0.3, 0.4) is 0 Å². The van der Waals surface area contributed by atoms with Crippen molar-refractivity contribution in [2.24, 2.45) is 23.5 Å². The van der Waals surface area contributed by atoms with Gasteiger partial charge in [0.15, 0.2) is 5.82 Å². The monoisotopic (exact) mass is 665 g/mol. The van der Waals surface area contributed by atoms with E-state index >= 15 is 0 Å². The van der Waals surface area contributed by atoms with Crippen LogP contribution in [0.5, 0.6) is 5.75 Å². The van der Waals surface area contributed by atoms with E-state index in [1.165, 1.54) is 19.0 Å². The van der Waals surface area contributed by atoms with Crippen LogP contribution in [0, 0.1) is 17.8 Å². The smallest absolute Gasteiger partial charge is 0.272 e. The second-order valence-electron chi connectivity index (χ2n) is 13.8. The van der Waals surface area contributed by atoms with Gasteiger partial charge in [0.2, 0.25) is 5.28 Å². The summed E-state index contributed by atoms with van der Waals surface area (Å²) in [7, 11) is 1.64. The first-order chi connectivity index (χ1) is 23.4. The van der Waals surface area contributed by atoms with E-state index < -0.39 is 0 Å². The number of halogens is 1. The van der Waals surface area contributed by atoms with Crippen LogP contribution in [-0.4, -0.2) is 89.5 Å². The van der Waals surface area contributed by atoms with Crippen molar-refractivity contribution in [1.82, 2.24) is 38.9 Å². The van der Waals surface area contributed by atoms with Crippen LogP contribution < -0.4 is 10.5 Å².